The number of rotatable bonds is 6. The van der Waals surface area contributed by atoms with Crippen molar-refractivity contribution in [3.05, 3.63) is 0 Å². The molecule has 0 bridgehead atoms. The van der Waals surface area contributed by atoms with Crippen molar-refractivity contribution in [1.82, 2.24) is 15.4 Å². The van der Waals surface area contributed by atoms with E-state index in [1.165, 1.54) is 0 Å². The Balaban J connectivity index is 3.65. The van der Waals surface area contributed by atoms with E-state index in [4.69, 9.17) is 0 Å². The Bertz CT molecular complexity index is 311. The molecule has 16 heavy (non-hydrogen) atoms. The van der Waals surface area contributed by atoms with Gasteiger partial charge in [0.05, 0.1) is 6.26 Å². The van der Waals surface area contributed by atoms with Crippen molar-refractivity contribution in [2.24, 2.45) is 4.99 Å². The molecule has 7 heteroatoms. The molecule has 0 atom stereocenters. The van der Waals surface area contributed by atoms with Gasteiger partial charge in [-0.2, -0.15) is 0 Å². The quantitative estimate of drug-likeness (QED) is 0.337. The molecule has 0 saturated heterocycles. The highest BCUT2D eigenvalue weighted by molar-refractivity contribution is 7.88. The van der Waals surface area contributed by atoms with Crippen molar-refractivity contribution >= 4 is 16.0 Å². The summed E-state index contributed by atoms with van der Waals surface area (Å²) in [6.45, 7) is 5.16. The predicted molar refractivity (Wildman–Crippen MR) is 67.1 cm³/mol. The van der Waals surface area contributed by atoms with Crippen molar-refractivity contribution in [2.45, 2.75) is 26.3 Å². The monoisotopic (exact) mass is 250 g/mol. The van der Waals surface area contributed by atoms with Crippen LogP contribution in [-0.4, -0.2) is 46.8 Å². The summed E-state index contributed by atoms with van der Waals surface area (Å²) in [4.78, 5) is 4.03. The molecule has 0 amide bonds. The van der Waals surface area contributed by atoms with Crippen LogP contribution in [0.25, 0.3) is 0 Å². The number of nitrogens with zero attached hydrogens (tertiary/aromatic N) is 1. The van der Waals surface area contributed by atoms with Gasteiger partial charge < -0.3 is 10.6 Å². The Hall–Kier alpha value is -0.820. The summed E-state index contributed by atoms with van der Waals surface area (Å²) >= 11 is 0. The SMILES string of the molecule is CN=C(NCCCNS(C)(=O)=O)NC(C)C. The Kier molecular flexibility index (Phi) is 7.07. The van der Waals surface area contributed by atoms with Gasteiger partial charge in [0.1, 0.15) is 0 Å². The number of guanidine groups is 1. The largest absolute Gasteiger partial charge is 0.356 e. The molecule has 0 aromatic rings. The van der Waals surface area contributed by atoms with Gasteiger partial charge in [0.2, 0.25) is 10.0 Å². The van der Waals surface area contributed by atoms with Gasteiger partial charge >= 0.3 is 0 Å². The maximum absolute atomic E-state index is 10.8. The first-order chi connectivity index (χ1) is 7.35. The molecule has 0 aliphatic heterocycles. The maximum Gasteiger partial charge on any atom is 0.208 e. The lowest BCUT2D eigenvalue weighted by Crippen LogP contribution is -2.41. The normalized spacial score (nSPS) is 12.9. The van der Waals surface area contributed by atoms with Gasteiger partial charge in [0.25, 0.3) is 0 Å². The molecule has 0 aliphatic carbocycles. The summed E-state index contributed by atoms with van der Waals surface area (Å²) in [6, 6.07) is 0.320. The lowest BCUT2D eigenvalue weighted by molar-refractivity contribution is 0.584. The molecule has 0 aliphatic rings. The van der Waals surface area contributed by atoms with E-state index < -0.39 is 10.0 Å². The summed E-state index contributed by atoms with van der Waals surface area (Å²) in [5, 5.41) is 6.23. The van der Waals surface area contributed by atoms with Crippen LogP contribution in [0.1, 0.15) is 20.3 Å². The van der Waals surface area contributed by atoms with Gasteiger partial charge in [0.15, 0.2) is 5.96 Å². The van der Waals surface area contributed by atoms with Crippen LogP contribution in [0.5, 0.6) is 0 Å². The zero-order valence-corrected chi connectivity index (χ0v) is 11.2. The highest BCUT2D eigenvalue weighted by Gasteiger charge is 2.00. The molecule has 0 spiro atoms. The van der Waals surface area contributed by atoms with Crippen LogP contribution in [0.2, 0.25) is 0 Å². The standard InChI is InChI=1S/C9H22N4O2S/c1-8(2)13-9(10-3)11-6-5-7-12-16(4,14)15/h8,12H,5-7H2,1-4H3,(H2,10,11,13). The van der Waals surface area contributed by atoms with Gasteiger partial charge in [0, 0.05) is 26.2 Å². The predicted octanol–water partition coefficient (Wildman–Crippen LogP) is -0.501. The second-order valence-corrected chi connectivity index (χ2v) is 5.65. The second-order valence-electron chi connectivity index (χ2n) is 3.82. The lowest BCUT2D eigenvalue weighted by Gasteiger charge is -2.14. The molecule has 0 aromatic heterocycles. The van der Waals surface area contributed by atoms with E-state index in [2.05, 4.69) is 20.3 Å². The first kappa shape index (κ1) is 15.2. The van der Waals surface area contributed by atoms with Crippen LogP contribution in [-0.2, 0) is 10.0 Å². The molecular formula is C9H22N4O2S. The average molecular weight is 250 g/mol. The second kappa shape index (κ2) is 7.45. The van der Waals surface area contributed by atoms with Crippen LogP contribution < -0.4 is 15.4 Å². The van der Waals surface area contributed by atoms with E-state index in [1.54, 1.807) is 7.05 Å². The molecule has 0 unspecified atom stereocenters. The first-order valence-corrected chi connectivity index (χ1v) is 7.16. The fraction of sp³-hybridized carbons (Fsp3) is 0.889. The van der Waals surface area contributed by atoms with E-state index in [1.807, 2.05) is 13.8 Å². The van der Waals surface area contributed by atoms with Crippen molar-refractivity contribution in [3.8, 4) is 0 Å². The number of aliphatic imine (C=N–C) groups is 1. The molecule has 0 rings (SSSR count). The van der Waals surface area contributed by atoms with Crippen LogP contribution in [0.4, 0.5) is 0 Å². The molecule has 3 N–H and O–H groups in total. The van der Waals surface area contributed by atoms with Gasteiger partial charge in [-0.25, -0.2) is 13.1 Å². The minimum absolute atomic E-state index is 0.320. The average Bonchev–Trinajstić information content (AvgIpc) is 2.13. The Morgan fingerprint density at radius 3 is 2.38 bits per heavy atom. The molecule has 0 fully saturated rings. The highest BCUT2D eigenvalue weighted by atomic mass is 32.2. The summed E-state index contributed by atoms with van der Waals surface area (Å²) in [5.74, 6) is 0.731. The maximum atomic E-state index is 10.8. The van der Waals surface area contributed by atoms with E-state index in [0.717, 1.165) is 12.2 Å². The molecule has 6 nitrogen and oxygen atoms in total. The van der Waals surface area contributed by atoms with Gasteiger partial charge in [-0.1, -0.05) is 0 Å². The van der Waals surface area contributed by atoms with Gasteiger partial charge in [-0.3, -0.25) is 4.99 Å². The zero-order valence-electron chi connectivity index (χ0n) is 10.4. The number of sulfonamides is 1. The van der Waals surface area contributed by atoms with Crippen molar-refractivity contribution in [1.29, 1.82) is 0 Å². The number of hydrogen-bond donors (Lipinski definition) is 3. The van der Waals surface area contributed by atoms with E-state index in [-0.39, 0.29) is 0 Å². The third kappa shape index (κ3) is 9.72. The minimum Gasteiger partial charge on any atom is -0.356 e. The summed E-state index contributed by atoms with van der Waals surface area (Å²) < 4.78 is 24.0. The summed E-state index contributed by atoms with van der Waals surface area (Å²) in [5.41, 5.74) is 0. The molecule has 0 saturated carbocycles. The lowest BCUT2D eigenvalue weighted by atomic mass is 10.4. The Labute approximate surface area is 98.0 Å². The molecular weight excluding hydrogens is 228 g/mol. The van der Waals surface area contributed by atoms with Crippen LogP contribution in [0.15, 0.2) is 4.99 Å². The van der Waals surface area contributed by atoms with E-state index in [9.17, 15) is 8.42 Å². The fourth-order valence-electron chi connectivity index (χ4n) is 1.02. The third-order valence-electron chi connectivity index (χ3n) is 1.66. The first-order valence-electron chi connectivity index (χ1n) is 5.27. The summed E-state index contributed by atoms with van der Waals surface area (Å²) in [6.07, 6.45) is 1.87. The van der Waals surface area contributed by atoms with Crippen LogP contribution >= 0.6 is 0 Å². The third-order valence-corrected chi connectivity index (χ3v) is 2.39. The topological polar surface area (TPSA) is 82.6 Å². The van der Waals surface area contributed by atoms with Crippen LogP contribution in [0.3, 0.4) is 0 Å². The van der Waals surface area contributed by atoms with Crippen molar-refractivity contribution in [2.75, 3.05) is 26.4 Å². The molecule has 0 radical (unpaired) electrons. The molecule has 96 valence electrons. The van der Waals surface area contributed by atoms with E-state index in [0.29, 0.717) is 25.6 Å². The van der Waals surface area contributed by atoms with Crippen LogP contribution in [0, 0.1) is 0 Å². The van der Waals surface area contributed by atoms with Crippen molar-refractivity contribution in [3.63, 3.8) is 0 Å². The van der Waals surface area contributed by atoms with Gasteiger partial charge in [-0.05, 0) is 20.3 Å². The van der Waals surface area contributed by atoms with E-state index >= 15 is 0 Å². The number of hydrogen-bond acceptors (Lipinski definition) is 3. The minimum atomic E-state index is -3.07. The Morgan fingerprint density at radius 1 is 1.31 bits per heavy atom. The molecule has 0 heterocycles. The Morgan fingerprint density at radius 2 is 1.94 bits per heavy atom. The fourth-order valence-corrected chi connectivity index (χ4v) is 1.54. The van der Waals surface area contributed by atoms with Gasteiger partial charge in [-0.15, -0.1) is 0 Å². The zero-order chi connectivity index (χ0) is 12.6. The summed E-state index contributed by atoms with van der Waals surface area (Å²) in [7, 11) is -1.37. The molecule has 0 aromatic carbocycles. The smallest absolute Gasteiger partial charge is 0.208 e. The number of nitrogens with one attached hydrogen (secondary N) is 3. The highest BCUT2D eigenvalue weighted by Crippen LogP contribution is 1.80. The van der Waals surface area contributed by atoms with Crippen molar-refractivity contribution < 1.29 is 8.42 Å².